The molecular formula is C19H29N3O3. The molecule has 1 saturated heterocycles. The highest BCUT2D eigenvalue weighted by molar-refractivity contribution is 5.89. The summed E-state index contributed by atoms with van der Waals surface area (Å²) in [4.78, 5) is 28.9. The number of ether oxygens (including phenoxy) is 1. The van der Waals surface area contributed by atoms with Crippen LogP contribution in [0.5, 0.6) is 5.75 Å². The predicted molar refractivity (Wildman–Crippen MR) is 97.5 cm³/mol. The third kappa shape index (κ3) is 4.31. The van der Waals surface area contributed by atoms with Crippen molar-refractivity contribution in [1.29, 1.82) is 0 Å². The summed E-state index contributed by atoms with van der Waals surface area (Å²) in [6, 6.07) is 5.12. The number of likely N-dealkylation sites (N-methyl/N-ethyl adjacent to an activating group) is 1. The molecule has 0 bridgehead atoms. The number of nitrogens with two attached hydrogens (primary N) is 1. The summed E-state index contributed by atoms with van der Waals surface area (Å²) in [6.45, 7) is 7.56. The minimum absolute atomic E-state index is 0.00258. The highest BCUT2D eigenvalue weighted by atomic mass is 16.5. The molecule has 1 heterocycles. The van der Waals surface area contributed by atoms with E-state index in [1.54, 1.807) is 16.9 Å². The molecule has 6 nitrogen and oxygen atoms in total. The Morgan fingerprint density at radius 3 is 2.56 bits per heavy atom. The molecule has 0 aliphatic carbocycles. The molecule has 0 spiro atoms. The second-order valence-electron chi connectivity index (χ2n) is 6.55. The smallest absolute Gasteiger partial charge is 0.245 e. The van der Waals surface area contributed by atoms with E-state index in [4.69, 9.17) is 10.5 Å². The maximum absolute atomic E-state index is 12.8. The average molecular weight is 347 g/mol. The number of hydrogen-bond donors (Lipinski definition) is 1. The fraction of sp³-hybridized carbons (Fsp3) is 0.579. The molecule has 1 aliphatic rings. The van der Waals surface area contributed by atoms with Gasteiger partial charge in [-0.1, -0.05) is 12.1 Å². The van der Waals surface area contributed by atoms with Crippen LogP contribution in [0.3, 0.4) is 0 Å². The van der Waals surface area contributed by atoms with Gasteiger partial charge in [-0.15, -0.1) is 0 Å². The van der Waals surface area contributed by atoms with Crippen molar-refractivity contribution in [2.24, 2.45) is 5.73 Å². The van der Waals surface area contributed by atoms with Gasteiger partial charge in [-0.05, 0) is 44.4 Å². The van der Waals surface area contributed by atoms with Crippen LogP contribution in [0.1, 0.15) is 31.4 Å². The molecule has 0 unspecified atom stereocenters. The fourth-order valence-electron chi connectivity index (χ4n) is 3.45. The Morgan fingerprint density at radius 2 is 2.00 bits per heavy atom. The van der Waals surface area contributed by atoms with Crippen LogP contribution in [0, 0.1) is 6.92 Å². The van der Waals surface area contributed by atoms with E-state index in [1.807, 2.05) is 39.0 Å². The van der Waals surface area contributed by atoms with Gasteiger partial charge in [-0.25, -0.2) is 0 Å². The Balaban J connectivity index is 2.13. The number of rotatable bonds is 6. The standard InChI is InChI=1S/C19H29N3O3/c1-5-21(6-2)19(24)16-11-15(20)12-22(16)18(23)10-14-7-8-17(25-4)13(3)9-14/h7-9,15-16H,5-6,10-12,20H2,1-4H3/t15-,16-/m0/s1. The Morgan fingerprint density at radius 1 is 1.32 bits per heavy atom. The number of carbonyl (C=O) groups is 2. The molecule has 25 heavy (non-hydrogen) atoms. The zero-order chi connectivity index (χ0) is 18.6. The number of nitrogens with zero attached hydrogens (tertiary/aromatic N) is 2. The number of likely N-dealkylation sites (tertiary alicyclic amines) is 1. The van der Waals surface area contributed by atoms with Crippen LogP contribution in [-0.4, -0.2) is 60.4 Å². The molecule has 2 rings (SSSR count). The number of hydrogen-bond acceptors (Lipinski definition) is 4. The molecule has 0 radical (unpaired) electrons. The van der Waals surface area contributed by atoms with Gasteiger partial charge < -0.3 is 20.3 Å². The van der Waals surface area contributed by atoms with Crippen LogP contribution in [0.15, 0.2) is 18.2 Å². The highest BCUT2D eigenvalue weighted by Gasteiger charge is 2.39. The van der Waals surface area contributed by atoms with Crippen LogP contribution in [0.2, 0.25) is 0 Å². The van der Waals surface area contributed by atoms with Crippen molar-refractivity contribution >= 4 is 11.8 Å². The van der Waals surface area contributed by atoms with Crippen LogP contribution in [0.25, 0.3) is 0 Å². The van der Waals surface area contributed by atoms with Gasteiger partial charge in [0.25, 0.3) is 0 Å². The third-order valence-electron chi connectivity index (χ3n) is 4.83. The maximum Gasteiger partial charge on any atom is 0.245 e. The first-order chi connectivity index (χ1) is 11.9. The lowest BCUT2D eigenvalue weighted by atomic mass is 10.1. The Hall–Kier alpha value is -2.08. The number of methoxy groups -OCH3 is 1. The minimum Gasteiger partial charge on any atom is -0.496 e. The van der Waals surface area contributed by atoms with E-state index in [2.05, 4.69) is 0 Å². The monoisotopic (exact) mass is 347 g/mol. The van der Waals surface area contributed by atoms with E-state index < -0.39 is 6.04 Å². The maximum atomic E-state index is 12.8. The summed E-state index contributed by atoms with van der Waals surface area (Å²) >= 11 is 0. The molecule has 2 atom stereocenters. The quantitative estimate of drug-likeness (QED) is 0.843. The molecule has 2 N–H and O–H groups in total. The van der Waals surface area contributed by atoms with E-state index in [0.717, 1.165) is 16.9 Å². The number of amides is 2. The van der Waals surface area contributed by atoms with Crippen molar-refractivity contribution < 1.29 is 14.3 Å². The summed E-state index contributed by atoms with van der Waals surface area (Å²) < 4.78 is 5.26. The SMILES string of the molecule is CCN(CC)C(=O)[C@@H]1C[C@H](N)CN1C(=O)Cc1ccc(OC)c(C)c1. The summed E-state index contributed by atoms with van der Waals surface area (Å²) in [5.74, 6) is 0.745. The lowest BCUT2D eigenvalue weighted by molar-refractivity contribution is -0.143. The largest absolute Gasteiger partial charge is 0.496 e. The Labute approximate surface area is 149 Å². The molecule has 0 saturated carbocycles. The van der Waals surface area contributed by atoms with Crippen LogP contribution >= 0.6 is 0 Å². The zero-order valence-electron chi connectivity index (χ0n) is 15.6. The van der Waals surface area contributed by atoms with Crippen molar-refractivity contribution in [1.82, 2.24) is 9.80 Å². The molecule has 2 amide bonds. The van der Waals surface area contributed by atoms with Gasteiger partial charge in [0.1, 0.15) is 11.8 Å². The molecular weight excluding hydrogens is 318 g/mol. The zero-order valence-corrected chi connectivity index (χ0v) is 15.6. The van der Waals surface area contributed by atoms with E-state index in [0.29, 0.717) is 26.1 Å². The molecule has 1 aromatic rings. The van der Waals surface area contributed by atoms with Gasteiger partial charge in [-0.2, -0.15) is 0 Å². The highest BCUT2D eigenvalue weighted by Crippen LogP contribution is 2.22. The van der Waals surface area contributed by atoms with Crippen molar-refractivity contribution in [3.63, 3.8) is 0 Å². The normalized spacial score (nSPS) is 19.8. The molecule has 138 valence electrons. The van der Waals surface area contributed by atoms with Crippen LogP contribution in [0.4, 0.5) is 0 Å². The predicted octanol–water partition coefficient (Wildman–Crippen LogP) is 1.34. The molecule has 1 aromatic carbocycles. The second kappa shape index (κ2) is 8.34. The summed E-state index contributed by atoms with van der Waals surface area (Å²) in [5, 5.41) is 0. The second-order valence-corrected chi connectivity index (χ2v) is 6.55. The van der Waals surface area contributed by atoms with Crippen LogP contribution in [-0.2, 0) is 16.0 Å². The Kier molecular flexibility index (Phi) is 6.42. The van der Waals surface area contributed by atoms with Crippen molar-refractivity contribution in [3.8, 4) is 5.75 Å². The van der Waals surface area contributed by atoms with E-state index in [1.165, 1.54) is 0 Å². The van der Waals surface area contributed by atoms with Gasteiger partial charge in [0.2, 0.25) is 11.8 Å². The Bertz CT molecular complexity index is 628. The average Bonchev–Trinajstić information content (AvgIpc) is 2.98. The van der Waals surface area contributed by atoms with Gasteiger partial charge in [-0.3, -0.25) is 9.59 Å². The molecule has 1 aliphatic heterocycles. The van der Waals surface area contributed by atoms with E-state index in [-0.39, 0.29) is 24.3 Å². The minimum atomic E-state index is -0.443. The first-order valence-corrected chi connectivity index (χ1v) is 8.88. The van der Waals surface area contributed by atoms with Gasteiger partial charge >= 0.3 is 0 Å². The topological polar surface area (TPSA) is 75.9 Å². The summed E-state index contributed by atoms with van der Waals surface area (Å²) in [6.07, 6.45) is 0.794. The van der Waals surface area contributed by atoms with Crippen molar-refractivity contribution in [2.45, 2.75) is 45.7 Å². The third-order valence-corrected chi connectivity index (χ3v) is 4.83. The summed E-state index contributed by atoms with van der Waals surface area (Å²) in [7, 11) is 1.63. The van der Waals surface area contributed by atoms with Gasteiger partial charge in [0, 0.05) is 25.7 Å². The molecule has 1 fully saturated rings. The van der Waals surface area contributed by atoms with Gasteiger partial charge in [0.05, 0.1) is 13.5 Å². The van der Waals surface area contributed by atoms with Crippen LogP contribution < -0.4 is 10.5 Å². The molecule has 0 aromatic heterocycles. The van der Waals surface area contributed by atoms with Gasteiger partial charge in [0.15, 0.2) is 0 Å². The number of benzene rings is 1. The number of aryl methyl sites for hydroxylation is 1. The first-order valence-electron chi connectivity index (χ1n) is 8.88. The first kappa shape index (κ1) is 19.2. The van der Waals surface area contributed by atoms with E-state index in [9.17, 15) is 9.59 Å². The van der Waals surface area contributed by atoms with Crippen molar-refractivity contribution in [2.75, 3.05) is 26.7 Å². The molecule has 6 heteroatoms. The summed E-state index contributed by atoms with van der Waals surface area (Å²) in [5.41, 5.74) is 7.95. The number of carbonyl (C=O) groups excluding carboxylic acids is 2. The van der Waals surface area contributed by atoms with Crippen molar-refractivity contribution in [3.05, 3.63) is 29.3 Å². The lowest BCUT2D eigenvalue weighted by Gasteiger charge is -2.29. The lowest BCUT2D eigenvalue weighted by Crippen LogP contribution is -2.48. The van der Waals surface area contributed by atoms with E-state index >= 15 is 0 Å². The fourth-order valence-corrected chi connectivity index (χ4v) is 3.45.